The number of rotatable bonds is 8. The van der Waals surface area contributed by atoms with Crippen LogP contribution in [0.1, 0.15) is 12.5 Å². The topological polar surface area (TPSA) is 67.9 Å². The number of nitrogens with zero attached hydrogens (tertiary/aromatic N) is 1. The SMILES string of the molecule is CNC(=O)[C@@H](C)N(Cc1ccccc1Cl)C(=O)COc1ccc(OC)cc1. The average Bonchev–Trinajstić information content (AvgIpc) is 2.70. The Bertz CT molecular complexity index is 780. The van der Waals surface area contributed by atoms with E-state index in [1.54, 1.807) is 44.4 Å². The first-order valence-electron chi connectivity index (χ1n) is 8.47. The maximum absolute atomic E-state index is 12.8. The smallest absolute Gasteiger partial charge is 0.261 e. The van der Waals surface area contributed by atoms with Gasteiger partial charge in [0.2, 0.25) is 5.91 Å². The number of amides is 2. The zero-order valence-corrected chi connectivity index (χ0v) is 16.3. The van der Waals surface area contributed by atoms with Crippen molar-refractivity contribution in [2.24, 2.45) is 0 Å². The van der Waals surface area contributed by atoms with E-state index in [1.807, 2.05) is 18.2 Å². The van der Waals surface area contributed by atoms with Crippen molar-refractivity contribution in [3.8, 4) is 11.5 Å². The van der Waals surface area contributed by atoms with Crippen LogP contribution in [0.15, 0.2) is 48.5 Å². The molecule has 0 aliphatic carbocycles. The van der Waals surface area contributed by atoms with Gasteiger partial charge in [0.1, 0.15) is 17.5 Å². The molecule has 0 saturated carbocycles. The lowest BCUT2D eigenvalue weighted by atomic mass is 10.1. The summed E-state index contributed by atoms with van der Waals surface area (Å²) < 4.78 is 10.7. The standard InChI is InChI=1S/C20H23ClN2O4/c1-14(20(25)22-2)23(12-15-6-4-5-7-18(15)21)19(24)13-27-17-10-8-16(26-3)9-11-17/h4-11,14H,12-13H2,1-3H3,(H,22,25)/t14-/m1/s1. The fourth-order valence-corrected chi connectivity index (χ4v) is 2.70. The van der Waals surface area contributed by atoms with Gasteiger partial charge >= 0.3 is 0 Å². The van der Waals surface area contributed by atoms with Crippen LogP contribution in [-0.2, 0) is 16.1 Å². The van der Waals surface area contributed by atoms with Crippen LogP contribution in [-0.4, -0.2) is 43.5 Å². The molecule has 0 spiro atoms. The predicted molar refractivity (Wildman–Crippen MR) is 104 cm³/mol. The van der Waals surface area contributed by atoms with E-state index in [-0.39, 0.29) is 25.0 Å². The van der Waals surface area contributed by atoms with Gasteiger partial charge in [0.05, 0.1) is 7.11 Å². The summed E-state index contributed by atoms with van der Waals surface area (Å²) in [5.74, 6) is 0.651. The Morgan fingerprint density at radius 1 is 1.11 bits per heavy atom. The van der Waals surface area contributed by atoms with Gasteiger partial charge in [0.25, 0.3) is 5.91 Å². The number of nitrogens with one attached hydrogen (secondary N) is 1. The molecule has 0 heterocycles. The minimum atomic E-state index is -0.668. The van der Waals surface area contributed by atoms with Crippen LogP contribution in [0.2, 0.25) is 5.02 Å². The Labute approximate surface area is 164 Å². The number of ether oxygens (including phenoxy) is 2. The molecule has 2 aromatic rings. The normalized spacial score (nSPS) is 11.4. The lowest BCUT2D eigenvalue weighted by Gasteiger charge is -2.28. The minimum Gasteiger partial charge on any atom is -0.497 e. The quantitative estimate of drug-likeness (QED) is 0.752. The van der Waals surface area contributed by atoms with Crippen LogP contribution in [0, 0.1) is 0 Å². The molecule has 0 saturated heterocycles. The van der Waals surface area contributed by atoms with Gasteiger partial charge in [-0.05, 0) is 42.8 Å². The molecule has 2 amide bonds. The van der Waals surface area contributed by atoms with E-state index in [0.717, 1.165) is 5.56 Å². The Morgan fingerprint density at radius 2 is 1.74 bits per heavy atom. The average molecular weight is 391 g/mol. The molecule has 0 radical (unpaired) electrons. The van der Waals surface area contributed by atoms with Gasteiger partial charge < -0.3 is 19.7 Å². The van der Waals surface area contributed by atoms with E-state index in [2.05, 4.69) is 5.32 Å². The maximum atomic E-state index is 12.8. The predicted octanol–water partition coefficient (Wildman–Crippen LogP) is 2.89. The van der Waals surface area contributed by atoms with Gasteiger partial charge in [-0.15, -0.1) is 0 Å². The first kappa shape index (κ1) is 20.6. The molecule has 27 heavy (non-hydrogen) atoms. The van der Waals surface area contributed by atoms with Crippen LogP contribution >= 0.6 is 11.6 Å². The zero-order chi connectivity index (χ0) is 19.8. The first-order chi connectivity index (χ1) is 13.0. The van der Waals surface area contributed by atoms with Crippen molar-refractivity contribution in [2.45, 2.75) is 19.5 Å². The third-order valence-electron chi connectivity index (χ3n) is 4.13. The van der Waals surface area contributed by atoms with Crippen molar-refractivity contribution < 1.29 is 19.1 Å². The van der Waals surface area contributed by atoms with E-state index < -0.39 is 6.04 Å². The molecule has 0 aromatic heterocycles. The summed E-state index contributed by atoms with van der Waals surface area (Å²) in [4.78, 5) is 26.3. The van der Waals surface area contributed by atoms with Crippen molar-refractivity contribution in [1.29, 1.82) is 0 Å². The molecule has 6 nitrogen and oxygen atoms in total. The highest BCUT2D eigenvalue weighted by atomic mass is 35.5. The minimum absolute atomic E-state index is 0.196. The van der Waals surface area contributed by atoms with Crippen molar-refractivity contribution in [3.05, 3.63) is 59.1 Å². The lowest BCUT2D eigenvalue weighted by molar-refractivity contribution is -0.142. The molecule has 2 aromatic carbocycles. The van der Waals surface area contributed by atoms with E-state index in [4.69, 9.17) is 21.1 Å². The van der Waals surface area contributed by atoms with Crippen molar-refractivity contribution in [2.75, 3.05) is 20.8 Å². The molecular formula is C20H23ClN2O4. The second-order valence-corrected chi connectivity index (χ2v) is 6.27. The third kappa shape index (κ3) is 5.62. The number of halogens is 1. The Balaban J connectivity index is 2.12. The molecule has 0 aliphatic rings. The maximum Gasteiger partial charge on any atom is 0.261 e. The van der Waals surface area contributed by atoms with Gasteiger partial charge in [-0.25, -0.2) is 0 Å². The van der Waals surface area contributed by atoms with Crippen LogP contribution in [0.3, 0.4) is 0 Å². The highest BCUT2D eigenvalue weighted by Crippen LogP contribution is 2.20. The molecule has 1 atom stereocenters. The van der Waals surface area contributed by atoms with E-state index >= 15 is 0 Å². The molecule has 1 N–H and O–H groups in total. The molecule has 0 unspecified atom stereocenters. The highest BCUT2D eigenvalue weighted by Gasteiger charge is 2.26. The van der Waals surface area contributed by atoms with Crippen LogP contribution in [0.5, 0.6) is 11.5 Å². The summed E-state index contributed by atoms with van der Waals surface area (Å²) in [5.41, 5.74) is 0.757. The highest BCUT2D eigenvalue weighted by molar-refractivity contribution is 6.31. The summed E-state index contributed by atoms with van der Waals surface area (Å²) in [5, 5.41) is 3.10. The number of methoxy groups -OCH3 is 1. The van der Waals surface area contributed by atoms with Gasteiger partial charge in [-0.1, -0.05) is 29.8 Å². The molecular weight excluding hydrogens is 368 g/mol. The molecule has 2 rings (SSSR count). The summed E-state index contributed by atoms with van der Waals surface area (Å²) in [7, 11) is 3.11. The number of hydrogen-bond donors (Lipinski definition) is 1. The van der Waals surface area contributed by atoms with Gasteiger partial charge in [0, 0.05) is 18.6 Å². The van der Waals surface area contributed by atoms with Gasteiger partial charge in [-0.3, -0.25) is 9.59 Å². The van der Waals surface area contributed by atoms with E-state index in [0.29, 0.717) is 16.5 Å². The Morgan fingerprint density at radius 3 is 2.33 bits per heavy atom. The third-order valence-corrected chi connectivity index (χ3v) is 4.50. The van der Waals surface area contributed by atoms with Gasteiger partial charge in [-0.2, -0.15) is 0 Å². The molecule has 0 bridgehead atoms. The number of likely N-dealkylation sites (N-methyl/N-ethyl adjacent to an activating group) is 1. The number of carbonyl (C=O) groups is 2. The fourth-order valence-electron chi connectivity index (χ4n) is 2.50. The molecule has 144 valence electrons. The first-order valence-corrected chi connectivity index (χ1v) is 8.85. The zero-order valence-electron chi connectivity index (χ0n) is 15.6. The monoisotopic (exact) mass is 390 g/mol. The van der Waals surface area contributed by atoms with Crippen molar-refractivity contribution in [3.63, 3.8) is 0 Å². The summed E-state index contributed by atoms with van der Waals surface area (Å²) >= 11 is 6.21. The molecule has 7 heteroatoms. The van der Waals surface area contributed by atoms with Crippen molar-refractivity contribution in [1.82, 2.24) is 10.2 Å². The largest absolute Gasteiger partial charge is 0.497 e. The van der Waals surface area contributed by atoms with Crippen LogP contribution < -0.4 is 14.8 Å². The lowest BCUT2D eigenvalue weighted by Crippen LogP contribution is -2.48. The Hall–Kier alpha value is -2.73. The second kappa shape index (κ2) is 9.83. The summed E-state index contributed by atoms with van der Waals surface area (Å²) in [6.07, 6.45) is 0. The number of benzene rings is 2. The molecule has 0 fully saturated rings. The van der Waals surface area contributed by atoms with E-state index in [9.17, 15) is 9.59 Å². The van der Waals surface area contributed by atoms with Crippen LogP contribution in [0.25, 0.3) is 0 Å². The molecule has 0 aliphatic heterocycles. The summed E-state index contributed by atoms with van der Waals surface area (Å²) in [6, 6.07) is 13.5. The second-order valence-electron chi connectivity index (χ2n) is 5.87. The summed E-state index contributed by atoms with van der Waals surface area (Å²) in [6.45, 7) is 1.68. The van der Waals surface area contributed by atoms with Gasteiger partial charge in [0.15, 0.2) is 6.61 Å². The fraction of sp³-hybridized carbons (Fsp3) is 0.300. The number of hydrogen-bond acceptors (Lipinski definition) is 4. The van der Waals surface area contributed by atoms with E-state index in [1.165, 1.54) is 11.9 Å². The Kier molecular flexibility index (Phi) is 7.49. The van der Waals surface area contributed by atoms with Crippen LogP contribution in [0.4, 0.5) is 0 Å². The van der Waals surface area contributed by atoms with Crippen molar-refractivity contribution >= 4 is 23.4 Å². The number of carbonyl (C=O) groups excluding carboxylic acids is 2.